The predicted molar refractivity (Wildman–Crippen MR) is 104 cm³/mol. The lowest BCUT2D eigenvalue weighted by molar-refractivity contribution is -0.112. The number of anilines is 1. The predicted octanol–water partition coefficient (Wildman–Crippen LogP) is 2.73. The first-order valence-electron chi connectivity index (χ1n) is 8.91. The maximum Gasteiger partial charge on any atom is 0.338 e. The molecule has 1 aliphatic heterocycles. The largest absolute Gasteiger partial charge is 0.462 e. The summed E-state index contributed by atoms with van der Waals surface area (Å²) < 4.78 is 15.5. The van der Waals surface area contributed by atoms with Gasteiger partial charge in [0.25, 0.3) is 5.91 Å². The number of nitrogens with one attached hydrogen (secondary N) is 2. The molecule has 0 saturated carbocycles. The molecule has 8 nitrogen and oxygen atoms in total. The Bertz CT molecular complexity index is 977. The van der Waals surface area contributed by atoms with E-state index in [1.165, 1.54) is 6.20 Å². The first-order chi connectivity index (χ1) is 14.1. The summed E-state index contributed by atoms with van der Waals surface area (Å²) in [7, 11) is 0. The van der Waals surface area contributed by atoms with Crippen molar-refractivity contribution in [3.63, 3.8) is 0 Å². The van der Waals surface area contributed by atoms with Gasteiger partial charge in [0.2, 0.25) is 6.79 Å². The molecule has 1 heterocycles. The van der Waals surface area contributed by atoms with Gasteiger partial charge in [0.15, 0.2) is 11.5 Å². The number of ether oxygens (including phenoxy) is 3. The topological polar surface area (TPSA) is 110 Å². The minimum atomic E-state index is -0.561. The Morgan fingerprint density at radius 3 is 2.66 bits per heavy atom. The fraction of sp³-hybridized carbons (Fsp3) is 0.190. The van der Waals surface area contributed by atoms with Gasteiger partial charge in [-0.1, -0.05) is 6.07 Å². The average Bonchev–Trinajstić information content (AvgIpc) is 3.19. The fourth-order valence-corrected chi connectivity index (χ4v) is 2.57. The fourth-order valence-electron chi connectivity index (χ4n) is 2.57. The Balaban J connectivity index is 1.57. The van der Waals surface area contributed by atoms with Crippen molar-refractivity contribution in [1.29, 1.82) is 5.26 Å². The Labute approximate surface area is 167 Å². The van der Waals surface area contributed by atoms with E-state index in [0.717, 1.165) is 5.56 Å². The zero-order valence-corrected chi connectivity index (χ0v) is 15.7. The molecule has 3 rings (SSSR count). The molecule has 2 aromatic carbocycles. The van der Waals surface area contributed by atoms with Crippen molar-refractivity contribution in [1.82, 2.24) is 5.32 Å². The second-order valence-electron chi connectivity index (χ2n) is 5.99. The van der Waals surface area contributed by atoms with Crippen molar-refractivity contribution in [3.05, 3.63) is 65.4 Å². The summed E-state index contributed by atoms with van der Waals surface area (Å²) in [6.45, 7) is 2.62. The van der Waals surface area contributed by atoms with Crippen LogP contribution >= 0.6 is 0 Å². The molecule has 0 spiro atoms. The van der Waals surface area contributed by atoms with Gasteiger partial charge in [-0.3, -0.25) is 4.79 Å². The van der Waals surface area contributed by atoms with Crippen LogP contribution in [0.3, 0.4) is 0 Å². The van der Waals surface area contributed by atoms with Crippen LogP contribution in [0.1, 0.15) is 22.8 Å². The first-order valence-corrected chi connectivity index (χ1v) is 8.91. The number of carbonyl (C=O) groups is 2. The second-order valence-corrected chi connectivity index (χ2v) is 5.99. The minimum Gasteiger partial charge on any atom is -0.462 e. The third-order valence-corrected chi connectivity index (χ3v) is 4.01. The van der Waals surface area contributed by atoms with Crippen LogP contribution in [0, 0.1) is 11.3 Å². The van der Waals surface area contributed by atoms with Crippen LogP contribution in [0.15, 0.2) is 54.2 Å². The van der Waals surface area contributed by atoms with Gasteiger partial charge in [-0.05, 0) is 48.9 Å². The lowest BCUT2D eigenvalue weighted by Gasteiger charge is -2.07. The van der Waals surface area contributed by atoms with Gasteiger partial charge in [0.1, 0.15) is 11.6 Å². The van der Waals surface area contributed by atoms with E-state index in [9.17, 15) is 14.9 Å². The molecule has 2 N–H and O–H groups in total. The van der Waals surface area contributed by atoms with E-state index in [0.29, 0.717) is 29.3 Å². The normalized spacial score (nSPS) is 12.1. The van der Waals surface area contributed by atoms with Crippen molar-refractivity contribution in [3.8, 4) is 17.6 Å². The van der Waals surface area contributed by atoms with Crippen LogP contribution in [0.2, 0.25) is 0 Å². The van der Waals surface area contributed by atoms with Crippen LogP contribution in [0.4, 0.5) is 5.69 Å². The molecular formula is C21H19N3O5. The molecule has 0 aromatic heterocycles. The lowest BCUT2D eigenvalue weighted by Crippen LogP contribution is -2.16. The molecule has 1 amide bonds. The van der Waals surface area contributed by atoms with E-state index in [1.807, 2.05) is 18.2 Å². The Hall–Kier alpha value is -3.99. The average molecular weight is 393 g/mol. The zero-order chi connectivity index (χ0) is 20.6. The molecule has 0 fully saturated rings. The monoisotopic (exact) mass is 393 g/mol. The quantitative estimate of drug-likeness (QED) is 0.423. The number of hydrogen-bond donors (Lipinski definition) is 2. The number of nitrogens with zero attached hydrogens (tertiary/aromatic N) is 1. The smallest absolute Gasteiger partial charge is 0.338 e. The number of benzene rings is 2. The molecule has 1 aliphatic rings. The van der Waals surface area contributed by atoms with Gasteiger partial charge in [-0.2, -0.15) is 5.26 Å². The number of rotatable bonds is 7. The zero-order valence-electron chi connectivity index (χ0n) is 15.7. The second kappa shape index (κ2) is 9.28. The van der Waals surface area contributed by atoms with Gasteiger partial charge in [0, 0.05) is 18.4 Å². The van der Waals surface area contributed by atoms with E-state index < -0.39 is 11.9 Å². The van der Waals surface area contributed by atoms with E-state index in [-0.39, 0.29) is 19.0 Å². The molecule has 29 heavy (non-hydrogen) atoms. The third-order valence-electron chi connectivity index (χ3n) is 4.01. The van der Waals surface area contributed by atoms with E-state index in [1.54, 1.807) is 37.3 Å². The number of nitriles is 1. The molecular weight excluding hydrogens is 374 g/mol. The van der Waals surface area contributed by atoms with Crippen LogP contribution in [-0.4, -0.2) is 25.3 Å². The summed E-state index contributed by atoms with van der Waals surface area (Å²) in [5.41, 5.74) is 1.67. The van der Waals surface area contributed by atoms with Gasteiger partial charge in [-0.15, -0.1) is 0 Å². The number of esters is 1. The van der Waals surface area contributed by atoms with Crippen molar-refractivity contribution in [2.45, 2.75) is 13.5 Å². The molecule has 2 aromatic rings. The van der Waals surface area contributed by atoms with Crippen molar-refractivity contribution < 1.29 is 23.8 Å². The summed E-state index contributed by atoms with van der Waals surface area (Å²) in [4.78, 5) is 23.9. The highest BCUT2D eigenvalue weighted by molar-refractivity contribution is 6.06. The van der Waals surface area contributed by atoms with Crippen LogP contribution in [0.5, 0.6) is 11.5 Å². The van der Waals surface area contributed by atoms with Gasteiger partial charge in [0.05, 0.1) is 12.2 Å². The van der Waals surface area contributed by atoms with Crippen molar-refractivity contribution >= 4 is 17.6 Å². The number of fused-ring (bicyclic) bond motifs is 1. The molecule has 0 bridgehead atoms. The van der Waals surface area contributed by atoms with Gasteiger partial charge < -0.3 is 24.8 Å². The van der Waals surface area contributed by atoms with E-state index >= 15 is 0 Å². The minimum absolute atomic E-state index is 0.0831. The maximum atomic E-state index is 12.3. The Morgan fingerprint density at radius 1 is 1.17 bits per heavy atom. The highest BCUT2D eigenvalue weighted by Crippen LogP contribution is 2.32. The summed E-state index contributed by atoms with van der Waals surface area (Å²) in [6, 6.07) is 13.6. The molecule has 0 aliphatic carbocycles. The van der Waals surface area contributed by atoms with Crippen LogP contribution < -0.4 is 20.1 Å². The number of carbonyl (C=O) groups excluding carboxylic acids is 2. The molecule has 0 unspecified atom stereocenters. The molecule has 0 radical (unpaired) electrons. The van der Waals surface area contributed by atoms with Crippen molar-refractivity contribution in [2.75, 3.05) is 18.7 Å². The number of amides is 1. The third kappa shape index (κ3) is 5.05. The number of hydrogen-bond acceptors (Lipinski definition) is 7. The van der Waals surface area contributed by atoms with Crippen LogP contribution in [-0.2, 0) is 16.1 Å². The maximum absolute atomic E-state index is 12.3. The summed E-state index contributed by atoms with van der Waals surface area (Å²) in [5, 5.41) is 14.8. The molecule has 0 saturated heterocycles. The van der Waals surface area contributed by atoms with Gasteiger partial charge >= 0.3 is 5.97 Å². The lowest BCUT2D eigenvalue weighted by atomic mass is 10.2. The molecule has 148 valence electrons. The molecule has 0 atom stereocenters. The first kappa shape index (κ1) is 19.8. The Morgan fingerprint density at radius 2 is 1.93 bits per heavy atom. The summed E-state index contributed by atoms with van der Waals surface area (Å²) >= 11 is 0. The van der Waals surface area contributed by atoms with E-state index in [4.69, 9.17) is 14.2 Å². The summed E-state index contributed by atoms with van der Waals surface area (Å²) in [5.74, 6) is 0.360. The van der Waals surface area contributed by atoms with E-state index in [2.05, 4.69) is 10.6 Å². The standard InChI is InChI=1S/C21H19N3O5/c1-2-27-21(26)15-4-6-17(7-5-15)24-20(25)16(10-22)12-23-11-14-3-8-18-19(9-14)29-13-28-18/h3-9,12,23H,2,11,13H2,1H3,(H,24,25)/b16-12-. The summed E-state index contributed by atoms with van der Waals surface area (Å²) in [6.07, 6.45) is 1.35. The van der Waals surface area contributed by atoms with Crippen molar-refractivity contribution in [2.24, 2.45) is 0 Å². The highest BCUT2D eigenvalue weighted by Gasteiger charge is 2.13. The Kier molecular flexibility index (Phi) is 6.32. The highest BCUT2D eigenvalue weighted by atomic mass is 16.7. The molecule has 8 heteroatoms. The SMILES string of the molecule is CCOC(=O)c1ccc(NC(=O)/C(C#N)=C\NCc2ccc3c(c2)OCO3)cc1. The van der Waals surface area contributed by atoms with Crippen LogP contribution in [0.25, 0.3) is 0 Å². The van der Waals surface area contributed by atoms with Gasteiger partial charge in [-0.25, -0.2) is 4.79 Å².